The largest absolute Gasteiger partial charge is 0.493 e. The van der Waals surface area contributed by atoms with Gasteiger partial charge in [-0.1, -0.05) is 17.3 Å². The van der Waals surface area contributed by atoms with Gasteiger partial charge in [-0.3, -0.25) is 4.79 Å². The maximum Gasteiger partial charge on any atom is 0.327 e. The molecule has 0 radical (unpaired) electrons. The van der Waals surface area contributed by atoms with Crippen LogP contribution in [0.1, 0.15) is 35.4 Å². The average Bonchev–Trinajstić information content (AvgIpc) is 3.40. The molecule has 0 saturated heterocycles. The summed E-state index contributed by atoms with van der Waals surface area (Å²) in [6.45, 7) is 2.27. The Labute approximate surface area is 201 Å². The van der Waals surface area contributed by atoms with Crippen LogP contribution in [0.5, 0.6) is 5.75 Å². The molecule has 2 aromatic carbocycles. The number of nitrogens with one attached hydrogen (secondary N) is 1. The highest BCUT2D eigenvalue weighted by Gasteiger charge is 2.61. The Morgan fingerprint density at radius 2 is 2.17 bits per heavy atom. The van der Waals surface area contributed by atoms with Crippen molar-refractivity contribution in [3.63, 3.8) is 0 Å². The third-order valence-electron chi connectivity index (χ3n) is 6.58. The first-order valence-corrected chi connectivity index (χ1v) is 11.2. The molecule has 2 aliphatic rings. The number of rotatable bonds is 6. The van der Waals surface area contributed by atoms with Crippen molar-refractivity contribution in [3.05, 3.63) is 71.1 Å². The number of nitriles is 1. The number of aliphatic carboxylic acids is 1. The van der Waals surface area contributed by atoms with Crippen LogP contribution in [0, 0.1) is 24.2 Å². The standard InChI is InChI=1S/C26H22N4O5/c1-15-28-25(35-30-15)18-7-8-22-19(12-18)26(9-10-34-22)13-20(26)24(33)29-21-11-16(14-27)5-6-17(21)3-2-4-23(31)32/h2,4-8,11-12,20H,3,9-10,13H2,1H3,(H,29,33)(H,31,32)/t20-,26-/m0/s1. The smallest absolute Gasteiger partial charge is 0.327 e. The number of anilines is 1. The van der Waals surface area contributed by atoms with Gasteiger partial charge in [0.1, 0.15) is 5.75 Å². The van der Waals surface area contributed by atoms with E-state index in [4.69, 9.17) is 14.4 Å². The van der Waals surface area contributed by atoms with E-state index >= 15 is 0 Å². The van der Waals surface area contributed by atoms with Gasteiger partial charge in [-0.25, -0.2) is 4.79 Å². The van der Waals surface area contributed by atoms with Crippen molar-refractivity contribution in [2.75, 3.05) is 11.9 Å². The predicted molar refractivity (Wildman–Crippen MR) is 125 cm³/mol. The Balaban J connectivity index is 1.40. The van der Waals surface area contributed by atoms with E-state index in [1.165, 1.54) is 6.08 Å². The molecule has 176 valence electrons. The highest BCUT2D eigenvalue weighted by Crippen LogP contribution is 2.61. The van der Waals surface area contributed by atoms with E-state index in [0.29, 0.717) is 48.8 Å². The molecule has 0 unspecified atom stereocenters. The van der Waals surface area contributed by atoms with E-state index in [2.05, 4.69) is 21.5 Å². The number of aromatic nitrogens is 2. The van der Waals surface area contributed by atoms with E-state index in [0.717, 1.165) is 28.5 Å². The van der Waals surface area contributed by atoms with Crippen LogP contribution in [-0.4, -0.2) is 33.7 Å². The second kappa shape index (κ2) is 8.72. The monoisotopic (exact) mass is 470 g/mol. The van der Waals surface area contributed by atoms with Crippen molar-refractivity contribution in [1.29, 1.82) is 5.26 Å². The van der Waals surface area contributed by atoms with Crippen LogP contribution in [0.25, 0.3) is 11.5 Å². The molecule has 35 heavy (non-hydrogen) atoms. The summed E-state index contributed by atoms with van der Waals surface area (Å²) in [5, 5.41) is 25.0. The van der Waals surface area contributed by atoms with Crippen molar-refractivity contribution in [3.8, 4) is 23.3 Å². The number of carboxylic acid groups (broad SMARTS) is 1. The van der Waals surface area contributed by atoms with Crippen molar-refractivity contribution in [2.24, 2.45) is 5.92 Å². The molecule has 1 aliphatic carbocycles. The molecule has 1 amide bonds. The molecule has 2 N–H and O–H groups in total. The summed E-state index contributed by atoms with van der Waals surface area (Å²) in [5.41, 5.74) is 3.02. The van der Waals surface area contributed by atoms with Crippen LogP contribution >= 0.6 is 0 Å². The number of ether oxygens (including phenoxy) is 1. The average molecular weight is 470 g/mol. The minimum Gasteiger partial charge on any atom is -0.493 e. The number of aryl methyl sites for hydroxylation is 1. The van der Waals surface area contributed by atoms with Crippen LogP contribution in [-0.2, 0) is 21.4 Å². The Morgan fingerprint density at radius 1 is 1.31 bits per heavy atom. The number of hydrogen-bond donors (Lipinski definition) is 2. The minimum absolute atomic E-state index is 0.143. The van der Waals surface area contributed by atoms with Gasteiger partial charge in [0.2, 0.25) is 5.91 Å². The van der Waals surface area contributed by atoms with Crippen molar-refractivity contribution >= 4 is 17.6 Å². The van der Waals surface area contributed by atoms with E-state index in [-0.39, 0.29) is 17.2 Å². The molecule has 1 aliphatic heterocycles. The molecule has 2 heterocycles. The Morgan fingerprint density at radius 3 is 2.91 bits per heavy atom. The van der Waals surface area contributed by atoms with E-state index < -0.39 is 5.97 Å². The summed E-state index contributed by atoms with van der Waals surface area (Å²) in [6.07, 6.45) is 4.26. The Kier molecular flexibility index (Phi) is 5.57. The number of fused-ring (bicyclic) bond motifs is 2. The number of carbonyl (C=O) groups is 2. The van der Waals surface area contributed by atoms with E-state index in [1.807, 2.05) is 18.2 Å². The summed E-state index contributed by atoms with van der Waals surface area (Å²) in [4.78, 5) is 28.5. The first-order valence-electron chi connectivity index (χ1n) is 11.2. The molecule has 1 spiro atoms. The van der Waals surface area contributed by atoms with Crippen LogP contribution in [0.3, 0.4) is 0 Å². The quantitative estimate of drug-likeness (QED) is 0.519. The van der Waals surface area contributed by atoms with Gasteiger partial charge >= 0.3 is 5.97 Å². The third-order valence-corrected chi connectivity index (χ3v) is 6.58. The number of allylic oxidation sites excluding steroid dienone is 1. The molecule has 5 rings (SSSR count). The second-order valence-electron chi connectivity index (χ2n) is 8.79. The summed E-state index contributed by atoms with van der Waals surface area (Å²) >= 11 is 0. The molecule has 1 fully saturated rings. The highest BCUT2D eigenvalue weighted by molar-refractivity contribution is 5.97. The fourth-order valence-electron chi connectivity index (χ4n) is 4.74. The van der Waals surface area contributed by atoms with Crippen molar-refractivity contribution < 1.29 is 24.0 Å². The summed E-state index contributed by atoms with van der Waals surface area (Å²) in [7, 11) is 0. The number of nitrogens with zero attached hydrogens (tertiary/aromatic N) is 3. The van der Waals surface area contributed by atoms with Gasteiger partial charge in [-0.2, -0.15) is 10.2 Å². The predicted octanol–water partition coefficient (Wildman–Crippen LogP) is 3.78. The van der Waals surface area contributed by atoms with Gasteiger partial charge in [0, 0.05) is 34.2 Å². The minimum atomic E-state index is -1.04. The van der Waals surface area contributed by atoms with Crippen molar-refractivity contribution in [1.82, 2.24) is 10.1 Å². The lowest BCUT2D eigenvalue weighted by Crippen LogP contribution is -2.27. The summed E-state index contributed by atoms with van der Waals surface area (Å²) in [5.74, 6) is 0.254. The van der Waals surface area contributed by atoms with Gasteiger partial charge in [-0.05, 0) is 62.1 Å². The summed E-state index contributed by atoms with van der Waals surface area (Å²) in [6, 6.07) is 12.8. The molecule has 0 bridgehead atoms. The highest BCUT2D eigenvalue weighted by atomic mass is 16.5. The lowest BCUT2D eigenvalue weighted by Gasteiger charge is -2.27. The van der Waals surface area contributed by atoms with Crippen LogP contribution in [0.4, 0.5) is 5.69 Å². The number of benzene rings is 2. The number of carboxylic acids is 1. The SMILES string of the molecule is Cc1noc(-c2ccc3c(c2)[C@]2(CCO3)C[C@H]2C(=O)Nc2cc(C#N)ccc2CC=CC(=O)O)n1. The van der Waals surface area contributed by atoms with Gasteiger partial charge in [0.05, 0.1) is 18.2 Å². The molecule has 1 saturated carbocycles. The van der Waals surface area contributed by atoms with E-state index in [1.54, 1.807) is 25.1 Å². The Bertz CT molecular complexity index is 1400. The lowest BCUT2D eigenvalue weighted by molar-refractivity contribution is -0.131. The molecular formula is C26H22N4O5. The van der Waals surface area contributed by atoms with Crippen LogP contribution in [0.15, 0.2) is 53.1 Å². The normalized spacial score (nSPS) is 20.2. The molecule has 3 aromatic rings. The second-order valence-corrected chi connectivity index (χ2v) is 8.79. The maximum atomic E-state index is 13.4. The first kappa shape index (κ1) is 22.3. The fourth-order valence-corrected chi connectivity index (χ4v) is 4.74. The topological polar surface area (TPSA) is 138 Å². The number of hydrogen-bond acceptors (Lipinski definition) is 7. The van der Waals surface area contributed by atoms with Gasteiger partial charge < -0.3 is 19.7 Å². The maximum absolute atomic E-state index is 13.4. The molecule has 9 nitrogen and oxygen atoms in total. The lowest BCUT2D eigenvalue weighted by atomic mass is 9.86. The van der Waals surface area contributed by atoms with Gasteiger partial charge in [0.25, 0.3) is 5.89 Å². The first-order chi connectivity index (χ1) is 16.9. The number of carbonyl (C=O) groups excluding carboxylic acids is 1. The molecule has 2 atom stereocenters. The molecular weight excluding hydrogens is 448 g/mol. The number of amides is 1. The van der Waals surface area contributed by atoms with Crippen LogP contribution in [0.2, 0.25) is 0 Å². The van der Waals surface area contributed by atoms with Gasteiger partial charge in [0.15, 0.2) is 5.82 Å². The summed E-state index contributed by atoms with van der Waals surface area (Å²) < 4.78 is 11.2. The van der Waals surface area contributed by atoms with Crippen LogP contribution < -0.4 is 10.1 Å². The zero-order chi connectivity index (χ0) is 24.6. The third kappa shape index (κ3) is 4.26. The van der Waals surface area contributed by atoms with Crippen molar-refractivity contribution in [2.45, 2.75) is 31.6 Å². The van der Waals surface area contributed by atoms with E-state index in [9.17, 15) is 14.9 Å². The molecule has 1 aromatic heterocycles. The van der Waals surface area contributed by atoms with Gasteiger partial charge in [-0.15, -0.1) is 0 Å². The Hall–Kier alpha value is -4.45. The zero-order valence-corrected chi connectivity index (χ0v) is 18.9. The molecule has 9 heteroatoms. The zero-order valence-electron chi connectivity index (χ0n) is 18.9. The fraction of sp³-hybridized carbons (Fsp3) is 0.269.